The molecule has 0 saturated heterocycles. The lowest BCUT2D eigenvalue weighted by molar-refractivity contribution is -0.133. The fraction of sp³-hybridized carbons (Fsp3) is 0.278. The zero-order valence-corrected chi connectivity index (χ0v) is 15.1. The quantitative estimate of drug-likeness (QED) is 0.747. The number of amides is 1. The molecule has 9 heteroatoms. The van der Waals surface area contributed by atoms with Crippen LogP contribution in [0, 0.1) is 0 Å². The van der Waals surface area contributed by atoms with Gasteiger partial charge in [-0.05, 0) is 28.8 Å². The number of hydrogen-bond acceptors (Lipinski definition) is 4. The van der Waals surface area contributed by atoms with E-state index in [0.717, 1.165) is 11.8 Å². The number of aliphatic hydroxyl groups excluding tert-OH is 1. The van der Waals surface area contributed by atoms with Crippen LogP contribution in [0.5, 0.6) is 0 Å². The Morgan fingerprint density at radius 2 is 1.52 bits per heavy atom. The average molecular weight is 401 g/mol. The number of hydrogen-bond donors (Lipinski definition) is 2. The second-order valence-electron chi connectivity index (χ2n) is 5.93. The van der Waals surface area contributed by atoms with Gasteiger partial charge in [0, 0.05) is 6.26 Å². The molecular formula is C18H18F3NO4S. The van der Waals surface area contributed by atoms with Crippen LogP contribution < -0.4 is 5.32 Å². The van der Waals surface area contributed by atoms with Crippen molar-refractivity contribution in [3.63, 3.8) is 0 Å². The molecular weight excluding hydrogens is 383 g/mol. The first-order valence-corrected chi connectivity index (χ1v) is 9.75. The van der Waals surface area contributed by atoms with Gasteiger partial charge in [0.15, 0.2) is 9.84 Å². The molecule has 2 rings (SSSR count). The molecule has 2 atom stereocenters. The van der Waals surface area contributed by atoms with Gasteiger partial charge in [-0.2, -0.15) is 8.78 Å². The van der Waals surface area contributed by atoms with Crippen LogP contribution in [0.15, 0.2) is 53.4 Å². The zero-order valence-electron chi connectivity index (χ0n) is 14.3. The third kappa shape index (κ3) is 5.30. The molecule has 0 bridgehead atoms. The van der Waals surface area contributed by atoms with Gasteiger partial charge in [-0.1, -0.05) is 36.4 Å². The summed E-state index contributed by atoms with van der Waals surface area (Å²) < 4.78 is 60.5. The fourth-order valence-electron chi connectivity index (χ4n) is 2.45. The molecule has 2 unspecified atom stereocenters. The molecule has 2 aromatic carbocycles. The number of benzene rings is 2. The highest BCUT2D eigenvalue weighted by Crippen LogP contribution is 2.25. The zero-order chi connectivity index (χ0) is 20.2. The Balaban J connectivity index is 2.17. The third-order valence-corrected chi connectivity index (χ3v) is 5.07. The van der Waals surface area contributed by atoms with Gasteiger partial charge in [-0.3, -0.25) is 4.79 Å². The number of sulfone groups is 1. The van der Waals surface area contributed by atoms with E-state index in [9.17, 15) is 31.5 Å². The first kappa shape index (κ1) is 20.9. The SMILES string of the molecule is CS(=O)(=O)c1ccc(-c2ccc(C(O)C(CF)NC(=O)C(F)F)cc2)cc1. The Bertz CT molecular complexity index is 884. The molecule has 0 radical (unpaired) electrons. The molecule has 0 heterocycles. The van der Waals surface area contributed by atoms with Gasteiger partial charge in [0.2, 0.25) is 0 Å². The molecule has 0 aromatic heterocycles. The number of rotatable bonds is 7. The van der Waals surface area contributed by atoms with Crippen molar-refractivity contribution in [2.75, 3.05) is 12.9 Å². The van der Waals surface area contributed by atoms with Gasteiger partial charge in [-0.15, -0.1) is 0 Å². The minimum Gasteiger partial charge on any atom is -0.386 e. The molecule has 1 amide bonds. The average Bonchev–Trinajstić information content (AvgIpc) is 2.64. The number of aliphatic hydroxyl groups is 1. The number of halogens is 3. The van der Waals surface area contributed by atoms with E-state index in [4.69, 9.17) is 0 Å². The van der Waals surface area contributed by atoms with Crippen LogP contribution in [0.3, 0.4) is 0 Å². The van der Waals surface area contributed by atoms with Gasteiger partial charge >= 0.3 is 6.43 Å². The molecule has 0 aliphatic heterocycles. The van der Waals surface area contributed by atoms with Crippen LogP contribution in [0.4, 0.5) is 13.2 Å². The van der Waals surface area contributed by atoms with Crippen LogP contribution in [0.2, 0.25) is 0 Å². The minimum absolute atomic E-state index is 0.179. The fourth-order valence-corrected chi connectivity index (χ4v) is 3.08. The van der Waals surface area contributed by atoms with Crippen molar-refractivity contribution < 1.29 is 31.5 Å². The van der Waals surface area contributed by atoms with Crippen molar-refractivity contribution in [3.05, 3.63) is 54.1 Å². The number of carbonyl (C=O) groups excluding carboxylic acids is 1. The highest BCUT2D eigenvalue weighted by Gasteiger charge is 2.26. The molecule has 5 nitrogen and oxygen atoms in total. The maximum absolute atomic E-state index is 13.0. The maximum atomic E-state index is 13.0. The molecule has 146 valence electrons. The Kier molecular flexibility index (Phi) is 6.61. The van der Waals surface area contributed by atoms with Gasteiger partial charge < -0.3 is 10.4 Å². The molecule has 27 heavy (non-hydrogen) atoms. The Morgan fingerprint density at radius 3 is 1.93 bits per heavy atom. The topological polar surface area (TPSA) is 83.5 Å². The molecule has 0 aliphatic carbocycles. The number of nitrogens with one attached hydrogen (secondary N) is 1. The Labute approximate surface area is 154 Å². The molecule has 2 aromatic rings. The Hall–Kier alpha value is -2.39. The standard InChI is InChI=1S/C18H18F3NO4S/c1-27(25,26)14-8-6-12(7-9-14)11-2-4-13(5-3-11)16(23)15(10-19)22-18(24)17(20)21/h2-9,15-17,23H,10H2,1H3,(H,22,24). The third-order valence-electron chi connectivity index (χ3n) is 3.94. The van der Waals surface area contributed by atoms with Crippen LogP contribution in [0.1, 0.15) is 11.7 Å². The number of alkyl halides is 3. The second-order valence-corrected chi connectivity index (χ2v) is 7.95. The summed E-state index contributed by atoms with van der Waals surface area (Å²) in [5.74, 6) is -1.65. The first-order chi connectivity index (χ1) is 12.6. The monoisotopic (exact) mass is 401 g/mol. The Morgan fingerprint density at radius 1 is 1.04 bits per heavy atom. The smallest absolute Gasteiger partial charge is 0.315 e. The van der Waals surface area contributed by atoms with Crippen molar-refractivity contribution in [3.8, 4) is 11.1 Å². The summed E-state index contributed by atoms with van der Waals surface area (Å²) in [7, 11) is -3.30. The largest absolute Gasteiger partial charge is 0.386 e. The second kappa shape index (κ2) is 8.53. The molecule has 0 fully saturated rings. The molecule has 0 aliphatic rings. The summed E-state index contributed by atoms with van der Waals surface area (Å²) in [6.07, 6.45) is -3.70. The molecule has 2 N–H and O–H groups in total. The maximum Gasteiger partial charge on any atom is 0.315 e. The predicted molar refractivity (Wildman–Crippen MR) is 93.9 cm³/mol. The van der Waals surface area contributed by atoms with Crippen LogP contribution >= 0.6 is 0 Å². The van der Waals surface area contributed by atoms with E-state index >= 15 is 0 Å². The van der Waals surface area contributed by atoms with E-state index in [-0.39, 0.29) is 10.5 Å². The normalized spacial score (nSPS) is 14.0. The van der Waals surface area contributed by atoms with Crippen molar-refractivity contribution in [2.24, 2.45) is 0 Å². The first-order valence-electron chi connectivity index (χ1n) is 7.86. The summed E-state index contributed by atoms with van der Waals surface area (Å²) >= 11 is 0. The van der Waals surface area contributed by atoms with Crippen molar-refractivity contribution >= 4 is 15.7 Å². The lowest BCUT2D eigenvalue weighted by Gasteiger charge is -2.22. The van der Waals surface area contributed by atoms with Crippen molar-refractivity contribution in [1.82, 2.24) is 5.32 Å². The van der Waals surface area contributed by atoms with Crippen LogP contribution in [-0.2, 0) is 14.6 Å². The number of carbonyl (C=O) groups is 1. The van der Waals surface area contributed by atoms with Crippen molar-refractivity contribution in [2.45, 2.75) is 23.5 Å². The van der Waals surface area contributed by atoms with Crippen LogP contribution in [-0.4, -0.2) is 44.8 Å². The summed E-state index contributed by atoms with van der Waals surface area (Å²) in [6.45, 7) is -1.21. The minimum atomic E-state index is -3.30. The highest BCUT2D eigenvalue weighted by molar-refractivity contribution is 7.90. The van der Waals surface area contributed by atoms with E-state index < -0.39 is 41.0 Å². The van der Waals surface area contributed by atoms with E-state index in [1.54, 1.807) is 29.6 Å². The summed E-state index contributed by atoms with van der Waals surface area (Å²) in [6, 6.07) is 10.8. The van der Waals surface area contributed by atoms with E-state index in [1.807, 2.05) is 0 Å². The van der Waals surface area contributed by atoms with E-state index in [1.165, 1.54) is 24.3 Å². The van der Waals surface area contributed by atoms with Gasteiger partial charge in [0.05, 0.1) is 10.9 Å². The summed E-state index contributed by atoms with van der Waals surface area (Å²) in [4.78, 5) is 11.2. The van der Waals surface area contributed by atoms with E-state index in [2.05, 4.69) is 0 Å². The van der Waals surface area contributed by atoms with Crippen LogP contribution in [0.25, 0.3) is 11.1 Å². The van der Waals surface area contributed by atoms with Gasteiger partial charge in [0.1, 0.15) is 12.8 Å². The lowest BCUT2D eigenvalue weighted by atomic mass is 9.99. The highest BCUT2D eigenvalue weighted by atomic mass is 32.2. The summed E-state index contributed by atoms with van der Waals surface area (Å²) in [5, 5.41) is 11.9. The summed E-state index contributed by atoms with van der Waals surface area (Å²) in [5.41, 5.74) is 1.67. The van der Waals surface area contributed by atoms with Gasteiger partial charge in [-0.25, -0.2) is 12.8 Å². The molecule has 0 spiro atoms. The van der Waals surface area contributed by atoms with Crippen molar-refractivity contribution in [1.29, 1.82) is 0 Å². The van der Waals surface area contributed by atoms with Gasteiger partial charge in [0.25, 0.3) is 5.91 Å². The molecule has 0 saturated carbocycles. The lowest BCUT2D eigenvalue weighted by Crippen LogP contribution is -2.43. The predicted octanol–water partition coefficient (Wildman–Crippen LogP) is 2.51. The van der Waals surface area contributed by atoms with E-state index in [0.29, 0.717) is 5.56 Å².